The molecule has 2 rings (SSSR count). The van der Waals surface area contributed by atoms with Crippen LogP contribution in [0.1, 0.15) is 12.8 Å². The van der Waals surface area contributed by atoms with Gasteiger partial charge in [-0.15, -0.1) is 0 Å². The van der Waals surface area contributed by atoms with E-state index in [0.29, 0.717) is 19.0 Å². The molecule has 1 aliphatic rings. The van der Waals surface area contributed by atoms with Gasteiger partial charge < -0.3 is 4.57 Å². The van der Waals surface area contributed by atoms with Gasteiger partial charge in [-0.05, 0) is 18.8 Å². The first-order valence-electron chi connectivity index (χ1n) is 5.58. The molecule has 2 heterocycles. The number of aryl methyl sites for hydroxylation is 1. The summed E-state index contributed by atoms with van der Waals surface area (Å²) < 4.78 is 27.7. The van der Waals surface area contributed by atoms with E-state index < -0.39 is 10.0 Å². The summed E-state index contributed by atoms with van der Waals surface area (Å²) in [5.74, 6) is 0.588. The molecule has 0 N–H and O–H groups in total. The van der Waals surface area contributed by atoms with Crippen molar-refractivity contribution < 1.29 is 8.42 Å². The highest BCUT2D eigenvalue weighted by molar-refractivity contribution is 9.09. The molecule has 0 spiro atoms. The molecule has 0 unspecified atom stereocenters. The Labute approximate surface area is 110 Å². The van der Waals surface area contributed by atoms with Crippen molar-refractivity contribution in [3.8, 4) is 0 Å². The summed E-state index contributed by atoms with van der Waals surface area (Å²) in [6, 6.07) is 0. The Morgan fingerprint density at radius 1 is 1.47 bits per heavy atom. The van der Waals surface area contributed by atoms with E-state index in [0.717, 1.165) is 18.2 Å². The van der Waals surface area contributed by atoms with Gasteiger partial charge in [0.05, 0.1) is 6.33 Å². The van der Waals surface area contributed by atoms with Crippen molar-refractivity contribution >= 4 is 26.0 Å². The van der Waals surface area contributed by atoms with Gasteiger partial charge in [0, 0.05) is 31.7 Å². The summed E-state index contributed by atoms with van der Waals surface area (Å²) in [5, 5.41) is 1.10. The third-order valence-corrected chi connectivity index (χ3v) is 5.78. The number of aromatic nitrogens is 2. The number of nitrogens with zero attached hydrogens (tertiary/aromatic N) is 3. The van der Waals surface area contributed by atoms with Crippen molar-refractivity contribution in [2.45, 2.75) is 17.9 Å². The van der Waals surface area contributed by atoms with Gasteiger partial charge in [0.25, 0.3) is 10.0 Å². The maximum Gasteiger partial charge on any atom is 0.262 e. The molecule has 0 atom stereocenters. The average molecular weight is 322 g/mol. The van der Waals surface area contributed by atoms with Crippen LogP contribution in [0.15, 0.2) is 17.6 Å². The minimum Gasteiger partial charge on any atom is -0.339 e. The molecule has 0 aliphatic carbocycles. The molecule has 17 heavy (non-hydrogen) atoms. The number of sulfonamides is 1. The maximum atomic E-state index is 12.2. The van der Waals surface area contributed by atoms with Crippen molar-refractivity contribution in [1.29, 1.82) is 0 Å². The van der Waals surface area contributed by atoms with Gasteiger partial charge in [0.1, 0.15) is 0 Å². The fourth-order valence-electron chi connectivity index (χ4n) is 1.96. The Hall–Kier alpha value is -0.400. The number of hydrogen-bond acceptors (Lipinski definition) is 3. The smallest absolute Gasteiger partial charge is 0.262 e. The minimum absolute atomic E-state index is 0.150. The largest absolute Gasteiger partial charge is 0.339 e. The highest BCUT2D eigenvalue weighted by atomic mass is 79.9. The molecule has 0 saturated carbocycles. The number of piperidine rings is 1. The lowest BCUT2D eigenvalue weighted by atomic mass is 10.0. The summed E-state index contributed by atoms with van der Waals surface area (Å²) in [5.41, 5.74) is 0. The summed E-state index contributed by atoms with van der Waals surface area (Å²) in [7, 11) is -1.62. The molecule has 96 valence electrons. The van der Waals surface area contributed by atoms with Crippen molar-refractivity contribution in [1.82, 2.24) is 13.9 Å². The quantitative estimate of drug-likeness (QED) is 0.786. The van der Waals surface area contributed by atoms with Crippen LogP contribution in [-0.4, -0.2) is 40.7 Å². The number of halogens is 1. The lowest BCUT2D eigenvalue weighted by molar-refractivity contribution is 0.291. The SMILES string of the molecule is Cn1cnc(S(=O)(=O)N2CCC(CBr)CC2)c1. The molecular formula is C10H16BrN3O2S. The predicted octanol–water partition coefficient (Wildman–Crippen LogP) is 1.22. The number of rotatable bonds is 3. The van der Waals surface area contributed by atoms with Crippen molar-refractivity contribution in [2.24, 2.45) is 13.0 Å². The Kier molecular flexibility index (Phi) is 3.89. The van der Waals surface area contributed by atoms with Gasteiger partial charge >= 0.3 is 0 Å². The fraction of sp³-hybridized carbons (Fsp3) is 0.700. The highest BCUT2D eigenvalue weighted by Crippen LogP contribution is 2.23. The maximum absolute atomic E-state index is 12.2. The lowest BCUT2D eigenvalue weighted by Crippen LogP contribution is -2.38. The fourth-order valence-corrected chi connectivity index (χ4v) is 4.04. The second-order valence-corrected chi connectivity index (χ2v) is 6.91. The van der Waals surface area contributed by atoms with Crippen LogP contribution in [0.5, 0.6) is 0 Å². The zero-order valence-electron chi connectivity index (χ0n) is 9.71. The van der Waals surface area contributed by atoms with Crippen LogP contribution in [0.3, 0.4) is 0 Å². The number of hydrogen-bond donors (Lipinski definition) is 0. The molecule has 0 aromatic carbocycles. The van der Waals surface area contributed by atoms with E-state index >= 15 is 0 Å². The molecule has 1 fully saturated rings. The Bertz CT molecular complexity index is 477. The molecule has 0 bridgehead atoms. The van der Waals surface area contributed by atoms with Gasteiger partial charge in [-0.2, -0.15) is 4.31 Å². The van der Waals surface area contributed by atoms with E-state index in [1.54, 1.807) is 17.8 Å². The first-order chi connectivity index (χ1) is 8.04. The second-order valence-electron chi connectivity index (χ2n) is 4.38. The zero-order valence-corrected chi connectivity index (χ0v) is 12.1. The van der Waals surface area contributed by atoms with Gasteiger partial charge in [-0.1, -0.05) is 15.9 Å². The van der Waals surface area contributed by atoms with E-state index in [2.05, 4.69) is 20.9 Å². The molecule has 1 aromatic rings. The molecule has 0 amide bonds. The van der Waals surface area contributed by atoms with Gasteiger partial charge in [0.15, 0.2) is 5.03 Å². The van der Waals surface area contributed by atoms with Gasteiger partial charge in [-0.25, -0.2) is 13.4 Å². The van der Waals surface area contributed by atoms with E-state index in [-0.39, 0.29) is 5.03 Å². The molecule has 1 aliphatic heterocycles. The molecule has 7 heteroatoms. The summed E-state index contributed by atoms with van der Waals surface area (Å²) >= 11 is 3.45. The first kappa shape index (κ1) is 13.0. The van der Waals surface area contributed by atoms with Crippen LogP contribution < -0.4 is 0 Å². The van der Waals surface area contributed by atoms with Crippen LogP contribution in [0.4, 0.5) is 0 Å². The van der Waals surface area contributed by atoms with E-state index in [9.17, 15) is 8.42 Å². The topological polar surface area (TPSA) is 55.2 Å². The van der Waals surface area contributed by atoms with E-state index in [1.165, 1.54) is 10.6 Å². The zero-order chi connectivity index (χ0) is 12.5. The normalized spacial score (nSPS) is 19.6. The summed E-state index contributed by atoms with van der Waals surface area (Å²) in [6.45, 7) is 1.18. The minimum atomic E-state index is -3.39. The number of imidazole rings is 1. The second kappa shape index (κ2) is 5.07. The lowest BCUT2D eigenvalue weighted by Gasteiger charge is -2.29. The monoisotopic (exact) mass is 321 g/mol. The van der Waals surface area contributed by atoms with Crippen molar-refractivity contribution in [3.63, 3.8) is 0 Å². The van der Waals surface area contributed by atoms with Crippen LogP contribution in [0, 0.1) is 5.92 Å². The predicted molar refractivity (Wildman–Crippen MR) is 68.5 cm³/mol. The summed E-state index contributed by atoms with van der Waals surface area (Å²) in [6.07, 6.45) is 4.89. The first-order valence-corrected chi connectivity index (χ1v) is 8.14. The Balaban J connectivity index is 2.12. The molecule has 1 saturated heterocycles. The standard InChI is InChI=1S/C10H16BrN3O2S/c1-13-7-10(12-8-13)17(15,16)14-4-2-9(6-11)3-5-14/h7-9H,2-6H2,1H3. The van der Waals surface area contributed by atoms with Crippen LogP contribution >= 0.6 is 15.9 Å². The molecule has 0 radical (unpaired) electrons. The van der Waals surface area contributed by atoms with Crippen molar-refractivity contribution in [2.75, 3.05) is 18.4 Å². The third-order valence-electron chi connectivity index (χ3n) is 3.08. The van der Waals surface area contributed by atoms with Crippen molar-refractivity contribution in [3.05, 3.63) is 12.5 Å². The number of alkyl halides is 1. The molecule has 1 aromatic heterocycles. The molecule has 5 nitrogen and oxygen atoms in total. The van der Waals surface area contributed by atoms with Gasteiger partial charge in [0.2, 0.25) is 0 Å². The average Bonchev–Trinajstić information content (AvgIpc) is 2.77. The van der Waals surface area contributed by atoms with E-state index in [4.69, 9.17) is 0 Å². The Morgan fingerprint density at radius 3 is 2.59 bits per heavy atom. The third kappa shape index (κ3) is 2.71. The summed E-state index contributed by atoms with van der Waals surface area (Å²) in [4.78, 5) is 3.93. The highest BCUT2D eigenvalue weighted by Gasteiger charge is 2.30. The van der Waals surface area contributed by atoms with E-state index in [1.807, 2.05) is 0 Å². The van der Waals surface area contributed by atoms with Crippen LogP contribution in [-0.2, 0) is 17.1 Å². The molecular weight excluding hydrogens is 306 g/mol. The van der Waals surface area contributed by atoms with Crippen LogP contribution in [0.25, 0.3) is 0 Å². The Morgan fingerprint density at radius 2 is 2.12 bits per heavy atom. The van der Waals surface area contributed by atoms with Crippen LogP contribution in [0.2, 0.25) is 0 Å². The van der Waals surface area contributed by atoms with Gasteiger partial charge in [-0.3, -0.25) is 0 Å².